The Morgan fingerprint density at radius 1 is 1.32 bits per heavy atom. The van der Waals surface area contributed by atoms with Crippen molar-refractivity contribution in [2.24, 2.45) is 0 Å². The van der Waals surface area contributed by atoms with Gasteiger partial charge >= 0.3 is 0 Å². The van der Waals surface area contributed by atoms with Gasteiger partial charge < -0.3 is 9.64 Å². The van der Waals surface area contributed by atoms with Crippen LogP contribution in [0.25, 0.3) is 10.9 Å². The maximum atomic E-state index is 12.2. The molecule has 1 aromatic heterocycles. The highest BCUT2D eigenvalue weighted by Crippen LogP contribution is 2.20. The number of aromatic nitrogens is 1. The zero-order valence-corrected chi connectivity index (χ0v) is 15.1. The van der Waals surface area contributed by atoms with E-state index in [-0.39, 0.29) is 18.6 Å². The lowest BCUT2D eigenvalue weighted by Gasteiger charge is -2.20. The monoisotopic (exact) mass is 363 g/mol. The number of fused-ring (bicyclic) bond motifs is 1. The number of hydrogen-bond acceptors (Lipinski definition) is 5. The van der Waals surface area contributed by atoms with Gasteiger partial charge in [0.15, 0.2) is 0 Å². The summed E-state index contributed by atoms with van der Waals surface area (Å²) >= 11 is 0. The van der Waals surface area contributed by atoms with Gasteiger partial charge in [-0.2, -0.15) is 4.31 Å². The Kier molecular flexibility index (Phi) is 4.91. The second kappa shape index (κ2) is 6.97. The van der Waals surface area contributed by atoms with Crippen LogP contribution >= 0.6 is 0 Å². The third kappa shape index (κ3) is 4.26. The number of sulfonamides is 1. The molecule has 0 N–H and O–H groups in total. The highest BCUT2D eigenvalue weighted by atomic mass is 32.2. The molecule has 1 saturated heterocycles. The minimum absolute atomic E-state index is 0.138. The summed E-state index contributed by atoms with van der Waals surface area (Å²) in [5.41, 5.74) is 0.862. The quantitative estimate of drug-likeness (QED) is 0.795. The lowest BCUT2D eigenvalue weighted by Crippen LogP contribution is -2.40. The Labute approximate surface area is 147 Å². The van der Waals surface area contributed by atoms with Crippen LogP contribution in [0.15, 0.2) is 36.4 Å². The van der Waals surface area contributed by atoms with Gasteiger partial charge in [-0.15, -0.1) is 0 Å². The number of benzene rings is 1. The summed E-state index contributed by atoms with van der Waals surface area (Å²) in [6, 6.07) is 11.6. The summed E-state index contributed by atoms with van der Waals surface area (Å²) < 4.78 is 29.8. The lowest BCUT2D eigenvalue weighted by atomic mass is 10.2. The van der Waals surface area contributed by atoms with Crippen molar-refractivity contribution in [2.45, 2.75) is 12.5 Å². The van der Waals surface area contributed by atoms with E-state index < -0.39 is 10.0 Å². The standard InChI is InChI=1S/C17H21N3O4S/c1-19(25(2,22)23)12-17(21)20-10-9-14(11-20)24-16-8-7-13-5-3-4-6-15(13)18-16/h3-8,14H,9-12H2,1-2H3. The highest BCUT2D eigenvalue weighted by molar-refractivity contribution is 7.88. The van der Waals surface area contributed by atoms with Gasteiger partial charge in [0.2, 0.25) is 21.8 Å². The molecule has 1 aromatic carbocycles. The number of carbonyl (C=O) groups excluding carboxylic acids is 1. The average molecular weight is 363 g/mol. The predicted octanol–water partition coefficient (Wildman–Crippen LogP) is 1.11. The van der Waals surface area contributed by atoms with Gasteiger partial charge in [0.1, 0.15) is 6.10 Å². The first-order chi connectivity index (χ1) is 11.8. The van der Waals surface area contributed by atoms with Crippen LogP contribution in [-0.2, 0) is 14.8 Å². The number of para-hydroxylation sites is 1. The second-order valence-corrected chi connectivity index (χ2v) is 8.32. The van der Waals surface area contributed by atoms with E-state index in [2.05, 4.69) is 4.98 Å². The third-order valence-corrected chi connectivity index (χ3v) is 5.54. The van der Waals surface area contributed by atoms with Crippen LogP contribution in [-0.4, -0.2) is 67.6 Å². The Hall–Kier alpha value is -2.19. The first-order valence-electron chi connectivity index (χ1n) is 8.04. The van der Waals surface area contributed by atoms with Crippen LogP contribution in [0.2, 0.25) is 0 Å². The zero-order valence-electron chi connectivity index (χ0n) is 14.3. The highest BCUT2D eigenvalue weighted by Gasteiger charge is 2.29. The van der Waals surface area contributed by atoms with Crippen LogP contribution in [0.5, 0.6) is 5.88 Å². The Morgan fingerprint density at radius 3 is 2.84 bits per heavy atom. The van der Waals surface area contributed by atoms with Crippen LogP contribution in [0, 0.1) is 0 Å². The number of likely N-dealkylation sites (N-methyl/N-ethyl adjacent to an activating group) is 1. The number of amides is 1. The zero-order chi connectivity index (χ0) is 18.0. The van der Waals surface area contributed by atoms with E-state index in [0.717, 1.165) is 21.5 Å². The van der Waals surface area contributed by atoms with Crippen LogP contribution in [0.4, 0.5) is 0 Å². The molecule has 1 unspecified atom stereocenters. The molecule has 0 radical (unpaired) electrons. The van der Waals surface area contributed by atoms with Gasteiger partial charge in [-0.3, -0.25) is 4.79 Å². The SMILES string of the molecule is CN(CC(=O)N1CCC(Oc2ccc3ccccc3n2)C1)S(C)(=O)=O. The Morgan fingerprint density at radius 2 is 2.08 bits per heavy atom. The Bertz CT molecular complexity index is 884. The molecule has 1 atom stereocenters. The molecule has 1 aliphatic heterocycles. The molecular weight excluding hydrogens is 342 g/mol. The summed E-state index contributed by atoms with van der Waals surface area (Å²) in [4.78, 5) is 18.3. The minimum Gasteiger partial charge on any atom is -0.472 e. The van der Waals surface area contributed by atoms with Gasteiger partial charge in [-0.1, -0.05) is 18.2 Å². The average Bonchev–Trinajstić information content (AvgIpc) is 3.02. The van der Waals surface area contributed by atoms with Gasteiger partial charge in [0.25, 0.3) is 0 Å². The van der Waals surface area contributed by atoms with E-state index in [4.69, 9.17) is 4.74 Å². The molecule has 0 saturated carbocycles. The number of carbonyl (C=O) groups is 1. The van der Waals surface area contributed by atoms with E-state index in [1.165, 1.54) is 7.05 Å². The van der Waals surface area contributed by atoms with Crippen molar-refractivity contribution in [1.29, 1.82) is 0 Å². The van der Waals surface area contributed by atoms with Crippen molar-refractivity contribution in [1.82, 2.24) is 14.2 Å². The summed E-state index contributed by atoms with van der Waals surface area (Å²) in [6.45, 7) is 0.833. The van der Waals surface area contributed by atoms with E-state index in [0.29, 0.717) is 25.4 Å². The summed E-state index contributed by atoms with van der Waals surface area (Å²) in [5, 5.41) is 1.04. The summed E-state index contributed by atoms with van der Waals surface area (Å²) in [6.07, 6.45) is 1.64. The molecule has 7 nitrogen and oxygen atoms in total. The van der Waals surface area contributed by atoms with Crippen molar-refractivity contribution >= 4 is 26.8 Å². The van der Waals surface area contributed by atoms with Crippen molar-refractivity contribution in [3.63, 3.8) is 0 Å². The van der Waals surface area contributed by atoms with Gasteiger partial charge in [-0.25, -0.2) is 13.4 Å². The summed E-state index contributed by atoms with van der Waals surface area (Å²) in [5.74, 6) is 0.316. The smallest absolute Gasteiger partial charge is 0.238 e. The largest absolute Gasteiger partial charge is 0.472 e. The van der Waals surface area contributed by atoms with E-state index in [9.17, 15) is 13.2 Å². The fraction of sp³-hybridized carbons (Fsp3) is 0.412. The normalized spacial score (nSPS) is 18.0. The fourth-order valence-corrected chi connectivity index (χ4v) is 3.09. The van der Waals surface area contributed by atoms with Crippen LogP contribution < -0.4 is 4.74 Å². The number of rotatable bonds is 5. The van der Waals surface area contributed by atoms with Crippen molar-refractivity contribution < 1.29 is 17.9 Å². The number of likely N-dealkylation sites (tertiary alicyclic amines) is 1. The van der Waals surface area contributed by atoms with E-state index in [1.54, 1.807) is 4.90 Å². The minimum atomic E-state index is -3.37. The van der Waals surface area contributed by atoms with Gasteiger partial charge in [-0.05, 0) is 12.1 Å². The topological polar surface area (TPSA) is 79.8 Å². The molecule has 1 amide bonds. The molecule has 2 aromatic rings. The molecule has 0 spiro atoms. The number of hydrogen-bond donors (Lipinski definition) is 0. The molecule has 134 valence electrons. The molecule has 0 aliphatic carbocycles. The maximum Gasteiger partial charge on any atom is 0.238 e. The van der Waals surface area contributed by atoms with Crippen molar-refractivity contribution in [2.75, 3.05) is 32.9 Å². The van der Waals surface area contributed by atoms with E-state index >= 15 is 0 Å². The molecule has 2 heterocycles. The molecular formula is C17H21N3O4S. The first kappa shape index (κ1) is 17.6. The van der Waals surface area contributed by atoms with Crippen molar-refractivity contribution in [3.05, 3.63) is 36.4 Å². The maximum absolute atomic E-state index is 12.2. The second-order valence-electron chi connectivity index (χ2n) is 6.23. The fourth-order valence-electron chi connectivity index (χ4n) is 2.74. The molecule has 3 rings (SSSR count). The first-order valence-corrected chi connectivity index (χ1v) is 9.89. The number of nitrogens with zero attached hydrogens (tertiary/aromatic N) is 3. The molecule has 8 heteroatoms. The van der Waals surface area contributed by atoms with E-state index in [1.807, 2.05) is 36.4 Å². The van der Waals surface area contributed by atoms with Crippen LogP contribution in [0.3, 0.4) is 0 Å². The molecule has 1 aliphatic rings. The lowest BCUT2D eigenvalue weighted by molar-refractivity contribution is -0.130. The van der Waals surface area contributed by atoms with Gasteiger partial charge in [0, 0.05) is 31.5 Å². The Balaban J connectivity index is 1.59. The molecule has 25 heavy (non-hydrogen) atoms. The third-order valence-electron chi connectivity index (χ3n) is 4.28. The molecule has 0 bridgehead atoms. The molecule has 1 fully saturated rings. The number of pyridine rings is 1. The van der Waals surface area contributed by atoms with Gasteiger partial charge in [0.05, 0.1) is 24.9 Å². The van der Waals surface area contributed by atoms with Crippen LogP contribution in [0.1, 0.15) is 6.42 Å². The predicted molar refractivity (Wildman–Crippen MR) is 94.8 cm³/mol. The van der Waals surface area contributed by atoms with Crippen molar-refractivity contribution in [3.8, 4) is 5.88 Å². The number of ether oxygens (including phenoxy) is 1. The summed E-state index contributed by atoms with van der Waals surface area (Å²) in [7, 11) is -1.97.